The number of carbonyl (C=O) groups is 1. The van der Waals surface area contributed by atoms with Crippen molar-refractivity contribution in [2.75, 3.05) is 20.3 Å². The summed E-state index contributed by atoms with van der Waals surface area (Å²) >= 11 is 0. The lowest BCUT2D eigenvalue weighted by atomic mass is 10.1. The average Bonchev–Trinajstić information content (AvgIpc) is 2.64. The lowest BCUT2D eigenvalue weighted by Crippen LogP contribution is -2.11. The second-order valence-electron chi connectivity index (χ2n) is 3.67. The van der Waals surface area contributed by atoms with Crippen molar-refractivity contribution in [3.8, 4) is 6.07 Å². The first-order valence-electron chi connectivity index (χ1n) is 5.43. The Morgan fingerprint density at radius 2 is 2.22 bits per heavy atom. The van der Waals surface area contributed by atoms with E-state index in [4.69, 9.17) is 19.2 Å². The van der Waals surface area contributed by atoms with E-state index in [0.717, 1.165) is 5.76 Å². The molecule has 0 saturated heterocycles. The van der Waals surface area contributed by atoms with E-state index in [1.165, 1.54) is 13.2 Å². The monoisotopic (exact) mass is 249 g/mol. The van der Waals surface area contributed by atoms with Crippen molar-refractivity contribution in [3.05, 3.63) is 28.7 Å². The topological polar surface area (TPSA) is 72.5 Å². The van der Waals surface area contributed by atoms with Crippen LogP contribution in [0.1, 0.15) is 17.1 Å². The van der Waals surface area contributed by atoms with Crippen LogP contribution in [0.25, 0.3) is 6.08 Å². The van der Waals surface area contributed by atoms with Crippen molar-refractivity contribution in [3.63, 3.8) is 0 Å². The van der Waals surface area contributed by atoms with E-state index < -0.39 is 5.97 Å². The van der Waals surface area contributed by atoms with E-state index in [0.29, 0.717) is 17.9 Å². The van der Waals surface area contributed by atoms with Crippen LogP contribution >= 0.6 is 0 Å². The summed E-state index contributed by atoms with van der Waals surface area (Å²) in [6.45, 7) is 3.99. The highest BCUT2D eigenvalue weighted by Crippen LogP contribution is 2.17. The largest absolute Gasteiger partial charge is 0.466 e. The van der Waals surface area contributed by atoms with Crippen molar-refractivity contribution in [2.45, 2.75) is 13.8 Å². The van der Waals surface area contributed by atoms with E-state index in [9.17, 15) is 4.79 Å². The molecule has 0 aliphatic rings. The maximum atomic E-state index is 11.6. The third-order valence-electron chi connectivity index (χ3n) is 2.24. The summed E-state index contributed by atoms with van der Waals surface area (Å²) in [5.41, 5.74) is 0.641. The van der Waals surface area contributed by atoms with Gasteiger partial charge in [0.15, 0.2) is 0 Å². The zero-order chi connectivity index (χ0) is 13.5. The second-order valence-corrected chi connectivity index (χ2v) is 3.67. The summed E-state index contributed by atoms with van der Waals surface area (Å²) < 4.78 is 14.9. The zero-order valence-corrected chi connectivity index (χ0v) is 10.6. The van der Waals surface area contributed by atoms with E-state index in [2.05, 4.69) is 0 Å². The van der Waals surface area contributed by atoms with Crippen molar-refractivity contribution in [1.29, 1.82) is 5.26 Å². The van der Waals surface area contributed by atoms with Crippen LogP contribution in [-0.2, 0) is 14.3 Å². The number of carbonyl (C=O) groups excluding carboxylic acids is 1. The van der Waals surface area contributed by atoms with Crippen molar-refractivity contribution in [2.24, 2.45) is 0 Å². The molecule has 5 nitrogen and oxygen atoms in total. The maximum absolute atomic E-state index is 11.6. The molecule has 96 valence electrons. The molecule has 0 N–H and O–H groups in total. The molecule has 0 fully saturated rings. The number of ether oxygens (including phenoxy) is 2. The molecule has 1 aromatic rings. The first-order valence-corrected chi connectivity index (χ1v) is 5.43. The third-order valence-corrected chi connectivity index (χ3v) is 2.24. The number of hydrogen-bond donors (Lipinski definition) is 0. The van der Waals surface area contributed by atoms with Gasteiger partial charge in [0.1, 0.15) is 29.8 Å². The van der Waals surface area contributed by atoms with Gasteiger partial charge in [-0.1, -0.05) is 0 Å². The number of nitriles is 1. The molecule has 0 spiro atoms. The summed E-state index contributed by atoms with van der Waals surface area (Å²) in [4.78, 5) is 11.6. The fraction of sp³-hybridized carbons (Fsp3) is 0.385. The summed E-state index contributed by atoms with van der Waals surface area (Å²) in [5.74, 6) is 0.724. The quantitative estimate of drug-likeness (QED) is 0.345. The van der Waals surface area contributed by atoms with Gasteiger partial charge in [-0.3, -0.25) is 0 Å². The van der Waals surface area contributed by atoms with E-state index >= 15 is 0 Å². The van der Waals surface area contributed by atoms with Crippen LogP contribution in [0.15, 0.2) is 16.1 Å². The first kappa shape index (κ1) is 14.0. The predicted molar refractivity (Wildman–Crippen MR) is 64.6 cm³/mol. The molecule has 0 amide bonds. The molecule has 0 atom stereocenters. The van der Waals surface area contributed by atoms with Crippen LogP contribution in [0, 0.1) is 25.2 Å². The minimum absolute atomic E-state index is 0.0602. The minimum Gasteiger partial charge on any atom is -0.466 e. The zero-order valence-electron chi connectivity index (χ0n) is 10.6. The summed E-state index contributed by atoms with van der Waals surface area (Å²) in [7, 11) is 1.51. The van der Waals surface area contributed by atoms with Gasteiger partial charge in [0.25, 0.3) is 0 Å². The predicted octanol–water partition coefficient (Wildman–Crippen LogP) is 1.99. The number of esters is 1. The number of furan rings is 1. The minimum atomic E-state index is -0.659. The molecule has 0 saturated carbocycles. The number of nitrogens with zero attached hydrogens (tertiary/aromatic N) is 1. The highest BCUT2D eigenvalue weighted by Gasteiger charge is 2.12. The van der Waals surface area contributed by atoms with Crippen LogP contribution in [0.2, 0.25) is 0 Å². The molecule has 0 aliphatic carbocycles. The molecule has 0 bridgehead atoms. The van der Waals surface area contributed by atoms with Crippen LogP contribution < -0.4 is 0 Å². The molecular formula is C13H15NO4. The number of aryl methyl sites for hydroxylation is 2. The Labute approximate surface area is 106 Å². The van der Waals surface area contributed by atoms with Gasteiger partial charge in [0, 0.05) is 12.7 Å². The maximum Gasteiger partial charge on any atom is 0.348 e. The Morgan fingerprint density at radius 3 is 2.72 bits per heavy atom. The lowest BCUT2D eigenvalue weighted by Gasteiger charge is -2.02. The van der Waals surface area contributed by atoms with Gasteiger partial charge in [-0.15, -0.1) is 0 Å². The third kappa shape index (κ3) is 3.75. The van der Waals surface area contributed by atoms with Crippen LogP contribution in [0.5, 0.6) is 0 Å². The van der Waals surface area contributed by atoms with Gasteiger partial charge < -0.3 is 13.9 Å². The fourth-order valence-electron chi connectivity index (χ4n) is 1.38. The van der Waals surface area contributed by atoms with E-state index in [1.54, 1.807) is 19.9 Å². The summed E-state index contributed by atoms with van der Waals surface area (Å²) in [6.07, 6.45) is 1.46. The molecule has 0 unspecified atom stereocenters. The van der Waals surface area contributed by atoms with Gasteiger partial charge in [0.2, 0.25) is 0 Å². The fourth-order valence-corrected chi connectivity index (χ4v) is 1.38. The van der Waals surface area contributed by atoms with Gasteiger partial charge in [0.05, 0.1) is 6.61 Å². The molecule has 0 radical (unpaired) electrons. The Bertz CT molecular complexity index is 494. The number of methoxy groups -OCH3 is 1. The van der Waals surface area contributed by atoms with Gasteiger partial charge in [-0.25, -0.2) is 4.79 Å². The Kier molecular flexibility index (Phi) is 5.15. The molecular weight excluding hydrogens is 234 g/mol. The highest BCUT2D eigenvalue weighted by molar-refractivity contribution is 5.98. The Morgan fingerprint density at radius 1 is 1.50 bits per heavy atom. The average molecular weight is 249 g/mol. The smallest absolute Gasteiger partial charge is 0.348 e. The van der Waals surface area contributed by atoms with Gasteiger partial charge >= 0.3 is 5.97 Å². The summed E-state index contributed by atoms with van der Waals surface area (Å²) in [6, 6.07) is 3.58. The second kappa shape index (κ2) is 6.62. The van der Waals surface area contributed by atoms with Gasteiger partial charge in [-0.2, -0.15) is 5.26 Å². The van der Waals surface area contributed by atoms with Crippen molar-refractivity contribution >= 4 is 12.0 Å². The first-order chi connectivity index (χ1) is 8.58. The number of rotatable bonds is 5. The van der Waals surface area contributed by atoms with Crippen LogP contribution in [0.4, 0.5) is 0 Å². The van der Waals surface area contributed by atoms with Crippen LogP contribution in [0.3, 0.4) is 0 Å². The normalized spacial score (nSPS) is 11.1. The lowest BCUT2D eigenvalue weighted by molar-refractivity contribution is -0.139. The van der Waals surface area contributed by atoms with E-state index in [1.807, 2.05) is 6.07 Å². The van der Waals surface area contributed by atoms with Gasteiger partial charge in [-0.05, 0) is 26.0 Å². The molecule has 18 heavy (non-hydrogen) atoms. The molecule has 1 heterocycles. The SMILES string of the molecule is COCCOC(=O)/C(C#N)=C/c1cc(C)oc1C. The standard InChI is InChI=1S/C13H15NO4/c1-9-6-11(10(2)18-9)7-12(8-14)13(15)17-5-4-16-3/h6-7H,4-5H2,1-3H3/b12-7+. The molecule has 1 aromatic heterocycles. The highest BCUT2D eigenvalue weighted by atomic mass is 16.6. The summed E-state index contributed by atoms with van der Waals surface area (Å²) in [5, 5.41) is 8.93. The van der Waals surface area contributed by atoms with Crippen LogP contribution in [-0.4, -0.2) is 26.3 Å². The molecule has 5 heteroatoms. The Hall–Kier alpha value is -2.06. The van der Waals surface area contributed by atoms with E-state index in [-0.39, 0.29) is 12.2 Å². The van der Waals surface area contributed by atoms with Crippen molar-refractivity contribution < 1.29 is 18.7 Å². The molecule has 0 aliphatic heterocycles. The molecule has 0 aromatic carbocycles. The van der Waals surface area contributed by atoms with Crippen molar-refractivity contribution in [1.82, 2.24) is 0 Å². The number of hydrogen-bond acceptors (Lipinski definition) is 5. The molecule has 1 rings (SSSR count). The Balaban J connectivity index is 2.80.